The molecule has 0 unspecified atom stereocenters. The van der Waals surface area contributed by atoms with Crippen LogP contribution >= 0.6 is 0 Å². The van der Waals surface area contributed by atoms with Crippen molar-refractivity contribution in [1.29, 1.82) is 0 Å². The van der Waals surface area contributed by atoms with Crippen LogP contribution in [0.25, 0.3) is 0 Å². The van der Waals surface area contributed by atoms with E-state index < -0.39 is 0 Å². The Balaban J connectivity index is -0.0000000224. The molecule has 114 valence electrons. The van der Waals surface area contributed by atoms with Crippen molar-refractivity contribution in [3.8, 4) is 0 Å². The molecule has 0 aliphatic carbocycles. The first-order valence-corrected chi connectivity index (χ1v) is 7.47. The summed E-state index contributed by atoms with van der Waals surface area (Å²) >= 11 is 0. The van der Waals surface area contributed by atoms with Crippen molar-refractivity contribution in [3.63, 3.8) is 0 Å². The Hall–Kier alpha value is 0. The van der Waals surface area contributed by atoms with Crippen LogP contribution in [0.4, 0.5) is 0 Å². The number of hydrogen-bond acceptors (Lipinski definition) is 0. The van der Waals surface area contributed by atoms with Gasteiger partial charge in [0.15, 0.2) is 0 Å². The van der Waals surface area contributed by atoms with Gasteiger partial charge in [-0.3, -0.25) is 0 Å². The molecule has 0 aromatic heterocycles. The number of rotatable bonds is 1. The quantitative estimate of drug-likeness (QED) is 0.442. The summed E-state index contributed by atoms with van der Waals surface area (Å²) in [5, 5.41) is 0. The molecule has 0 spiro atoms. The van der Waals surface area contributed by atoms with E-state index in [1.165, 1.54) is 25.7 Å². The van der Waals surface area contributed by atoms with Gasteiger partial charge in [-0.25, -0.2) is 0 Å². The average Bonchev–Trinajstić information content (AvgIpc) is 2.22. The van der Waals surface area contributed by atoms with Crippen LogP contribution in [0.1, 0.15) is 109 Å². The molecule has 0 fully saturated rings. The fourth-order valence-corrected chi connectivity index (χ4v) is 0. The van der Waals surface area contributed by atoms with Crippen molar-refractivity contribution >= 4 is 0 Å². The van der Waals surface area contributed by atoms with Crippen LogP contribution in [0, 0.1) is 5.92 Å². The molecule has 0 aliphatic heterocycles. The van der Waals surface area contributed by atoms with Gasteiger partial charge in [-0.05, 0) is 5.92 Å². The zero-order valence-electron chi connectivity index (χ0n) is 14.4. The van der Waals surface area contributed by atoms with Crippen molar-refractivity contribution in [2.45, 2.75) is 109 Å². The molecule has 0 aromatic carbocycles. The Kier molecular flexibility index (Phi) is 155. The third-order valence-electron chi connectivity index (χ3n) is 0.500. The van der Waals surface area contributed by atoms with E-state index in [2.05, 4.69) is 62.3 Å². The smallest absolute Gasteiger partial charge is 0.0500 e. The molecule has 0 amide bonds. The molecule has 17 heavy (non-hydrogen) atoms. The average molecular weight is 251 g/mol. The minimum atomic E-state index is 0. The minimum absolute atomic E-state index is 0. The van der Waals surface area contributed by atoms with E-state index in [0.717, 1.165) is 5.92 Å². The highest BCUT2D eigenvalue weighted by atomic mass is 13.7. The summed E-state index contributed by atoms with van der Waals surface area (Å²) in [7, 11) is 0. The van der Waals surface area contributed by atoms with Crippen molar-refractivity contribution in [1.82, 2.24) is 0 Å². The van der Waals surface area contributed by atoms with Gasteiger partial charge < -0.3 is 0 Å². The van der Waals surface area contributed by atoms with Crippen LogP contribution < -0.4 is 0 Å². The fraction of sp³-hybridized carbons (Fsp3) is 1.00. The normalized spacial score (nSPS) is 6.35. The van der Waals surface area contributed by atoms with Gasteiger partial charge in [0, 0.05) is 0 Å². The topological polar surface area (TPSA) is 0 Å². The molecule has 0 bridgehead atoms. The Morgan fingerprint density at radius 1 is 0.588 bits per heavy atom. The second-order valence-corrected chi connectivity index (χ2v) is 4.15. The molecule has 0 saturated carbocycles. The molecule has 0 saturated heterocycles. The molecule has 0 rings (SSSR count). The van der Waals surface area contributed by atoms with Gasteiger partial charge in [-0.1, -0.05) is 109 Å². The molecular formula is C17H46. The largest absolute Gasteiger partial charge is 0.0776 e. The van der Waals surface area contributed by atoms with Gasteiger partial charge in [-0.15, -0.1) is 0 Å². The van der Waals surface area contributed by atoms with E-state index >= 15 is 0 Å². The molecular weight excluding hydrogens is 204 g/mol. The van der Waals surface area contributed by atoms with Crippen molar-refractivity contribution in [2.75, 3.05) is 0 Å². The van der Waals surface area contributed by atoms with Crippen LogP contribution in [0.15, 0.2) is 0 Å². The van der Waals surface area contributed by atoms with E-state index in [0.29, 0.717) is 0 Å². The van der Waals surface area contributed by atoms with Gasteiger partial charge in [0.1, 0.15) is 0 Å². The molecule has 0 nitrogen and oxygen atoms in total. The second-order valence-electron chi connectivity index (χ2n) is 4.15. The lowest BCUT2D eigenvalue weighted by Crippen LogP contribution is -1.66. The second kappa shape index (κ2) is 73.5. The Morgan fingerprint density at radius 2 is 0.647 bits per heavy atom. The third-order valence-corrected chi connectivity index (χ3v) is 0.500. The lowest BCUT2D eigenvalue weighted by Gasteiger charge is -1.79. The van der Waals surface area contributed by atoms with E-state index in [1.807, 2.05) is 13.8 Å². The lowest BCUT2D eigenvalue weighted by atomic mass is 10.3. The van der Waals surface area contributed by atoms with Crippen molar-refractivity contribution < 1.29 is 0 Å². The van der Waals surface area contributed by atoms with Gasteiger partial charge in [0.2, 0.25) is 0 Å². The maximum absolute atomic E-state index is 2.18. The number of hydrogen-bond donors (Lipinski definition) is 0. The summed E-state index contributed by atoms with van der Waals surface area (Å²) in [4.78, 5) is 0. The van der Waals surface area contributed by atoms with E-state index in [-0.39, 0.29) is 7.43 Å². The predicted molar refractivity (Wildman–Crippen MR) is 91.1 cm³/mol. The summed E-state index contributed by atoms with van der Waals surface area (Å²) < 4.78 is 0. The zero-order chi connectivity index (χ0) is 14.4. The van der Waals surface area contributed by atoms with Crippen LogP contribution in [0.5, 0.6) is 0 Å². The predicted octanol–water partition coefficient (Wildman–Crippen LogP) is 7.96. The zero-order valence-corrected chi connectivity index (χ0v) is 14.4. The van der Waals surface area contributed by atoms with Crippen LogP contribution in [0.2, 0.25) is 0 Å². The summed E-state index contributed by atoms with van der Waals surface area (Å²) in [5.41, 5.74) is 0. The molecule has 0 atom stereocenters. The van der Waals surface area contributed by atoms with Gasteiger partial charge >= 0.3 is 0 Å². The monoisotopic (exact) mass is 250 g/mol. The van der Waals surface area contributed by atoms with E-state index in [9.17, 15) is 0 Å². The van der Waals surface area contributed by atoms with Crippen molar-refractivity contribution in [3.05, 3.63) is 0 Å². The Morgan fingerprint density at radius 3 is 0.647 bits per heavy atom. The van der Waals surface area contributed by atoms with Crippen LogP contribution in [0.3, 0.4) is 0 Å². The first kappa shape index (κ1) is 36.0. The van der Waals surface area contributed by atoms with Gasteiger partial charge in [0.05, 0.1) is 0 Å². The standard InChI is InChI=1S/2C4H10.2C3H8.C2H6.CH4/c1-4(2)3;1-3-4-2;2*1-3-2;1-2;/h4H,1-3H3;3-4H2,1-2H3;2*3H2,1-2H3;1-2H3;1H4. The molecule has 0 N–H and O–H groups in total. The Bertz CT molecular complexity index is 30.5. The minimum Gasteiger partial charge on any atom is -0.0776 e. The summed E-state index contributed by atoms with van der Waals surface area (Å²) in [6.07, 6.45) is 5.14. The van der Waals surface area contributed by atoms with Crippen LogP contribution in [-0.4, -0.2) is 0 Å². The highest BCUT2D eigenvalue weighted by Crippen LogP contribution is 1.81. The van der Waals surface area contributed by atoms with E-state index in [4.69, 9.17) is 0 Å². The van der Waals surface area contributed by atoms with Crippen LogP contribution in [-0.2, 0) is 0 Å². The maximum Gasteiger partial charge on any atom is -0.0500 e. The molecule has 0 heterocycles. The summed E-state index contributed by atoms with van der Waals surface area (Å²) in [6, 6.07) is 0. The Labute approximate surface area is 116 Å². The number of unbranched alkanes of at least 4 members (excludes halogenated alkanes) is 1. The SMILES string of the molecule is C.CC.CC(C)C.CCC.CCC.CCCC. The van der Waals surface area contributed by atoms with Crippen molar-refractivity contribution in [2.24, 2.45) is 5.92 Å². The first-order chi connectivity index (χ1) is 7.47. The summed E-state index contributed by atoms with van der Waals surface area (Å²) in [5.74, 6) is 0.833. The van der Waals surface area contributed by atoms with E-state index in [1.54, 1.807) is 0 Å². The highest BCUT2D eigenvalue weighted by molar-refractivity contribution is 4.20. The highest BCUT2D eigenvalue weighted by Gasteiger charge is 1.68. The van der Waals surface area contributed by atoms with Gasteiger partial charge in [0.25, 0.3) is 0 Å². The fourth-order valence-electron chi connectivity index (χ4n) is 0. The molecule has 0 aromatic rings. The lowest BCUT2D eigenvalue weighted by molar-refractivity contribution is 0.737. The maximum atomic E-state index is 2.18. The molecule has 0 aliphatic rings. The molecule has 0 heteroatoms. The molecule has 0 radical (unpaired) electrons. The van der Waals surface area contributed by atoms with Gasteiger partial charge in [-0.2, -0.15) is 0 Å². The third kappa shape index (κ3) is 3140. The first-order valence-electron chi connectivity index (χ1n) is 7.47. The summed E-state index contributed by atoms with van der Waals surface area (Å²) in [6.45, 7) is 23.4.